The van der Waals surface area contributed by atoms with Crippen LogP contribution in [0.25, 0.3) is 0 Å². The van der Waals surface area contributed by atoms with Crippen LogP contribution in [0.15, 0.2) is 47.5 Å². The number of carbonyl (C=O) groups excluding carboxylic acids is 5. The maximum Gasteiger partial charge on any atom is 0.287 e. The van der Waals surface area contributed by atoms with Gasteiger partial charge in [-0.25, -0.2) is 13.1 Å². The molecule has 0 radical (unpaired) electrons. The van der Waals surface area contributed by atoms with Gasteiger partial charge in [0, 0.05) is 24.8 Å². The maximum absolute atomic E-state index is 14.9. The molecule has 4 amide bonds. The van der Waals surface area contributed by atoms with Crippen LogP contribution in [0.2, 0.25) is 0 Å². The molecule has 3 heterocycles. The van der Waals surface area contributed by atoms with Gasteiger partial charge in [0.15, 0.2) is 15.4 Å². The number of nitrogens with one attached hydrogen (secondary N) is 2. The molecule has 6 rings (SSSR count). The first-order valence-electron chi connectivity index (χ1n) is 18.1. The Morgan fingerprint density at radius 2 is 1.66 bits per heavy atom. The summed E-state index contributed by atoms with van der Waals surface area (Å²) in [6.07, 6.45) is 9.47. The van der Waals surface area contributed by atoms with E-state index in [-0.39, 0.29) is 61.1 Å². The normalized spacial score (nSPS) is 23.3. The number of ketones is 1. The van der Waals surface area contributed by atoms with Crippen molar-refractivity contribution in [2.45, 2.75) is 105 Å². The van der Waals surface area contributed by atoms with Gasteiger partial charge < -0.3 is 31.1 Å². The topological polar surface area (TPSA) is 233 Å². The van der Waals surface area contributed by atoms with Crippen LogP contribution >= 0.6 is 0 Å². The molecule has 4 aliphatic rings. The van der Waals surface area contributed by atoms with Gasteiger partial charge in [-0.3, -0.25) is 24.0 Å². The molecule has 0 unspecified atom stereocenters. The summed E-state index contributed by atoms with van der Waals surface area (Å²) in [5, 5.41) is 24.8. The molecule has 4 fully saturated rings. The van der Waals surface area contributed by atoms with Gasteiger partial charge in [-0.1, -0.05) is 50.3 Å². The molecule has 2 aromatic rings. The number of sulfone groups is 1. The summed E-state index contributed by atoms with van der Waals surface area (Å²) in [5.41, 5.74) is 3.51. The number of amides is 4. The number of nitrogens with two attached hydrogens (primary N) is 1. The summed E-state index contributed by atoms with van der Waals surface area (Å²) in [7, 11) is -3.52. The van der Waals surface area contributed by atoms with Crippen molar-refractivity contribution < 1.29 is 42.2 Å². The average Bonchev–Trinajstić information content (AvgIpc) is 3.81. The lowest BCUT2D eigenvalue weighted by atomic mass is 9.78. The molecule has 0 bridgehead atoms. The van der Waals surface area contributed by atoms with Crippen LogP contribution in [0.3, 0.4) is 0 Å². The Labute approximate surface area is 307 Å². The number of rotatable bonds is 12. The molecule has 2 saturated carbocycles. The van der Waals surface area contributed by atoms with Crippen molar-refractivity contribution in [3.63, 3.8) is 0 Å². The zero-order valence-electron chi connectivity index (χ0n) is 29.8. The molecule has 5 N–H and O–H groups in total. The first kappa shape index (κ1) is 38.3. The maximum atomic E-state index is 14.9. The number of nitrogens with zero attached hydrogens (tertiary/aromatic N) is 4. The number of ether oxygens (including phenoxy) is 1. The second-order valence-corrected chi connectivity index (χ2v) is 17.0. The fourth-order valence-corrected chi connectivity index (χ4v) is 8.61. The summed E-state index contributed by atoms with van der Waals surface area (Å²) in [5.74, 6) is -4.04. The number of benzene rings is 1. The Balaban J connectivity index is 1.33. The predicted molar refractivity (Wildman–Crippen MR) is 189 cm³/mol. The lowest BCUT2D eigenvalue weighted by molar-refractivity contribution is -0.186. The SMILES string of the molecule is C=C(C1CCCCC1)[C@@H](NC(=O)c1ccc(S(C)(=O)=O)cc1)C(=O)N1C[C@@H](n2cc(C3(O)COC3)nn2)C[C@H]1C(=O)NC1(C(=O)C(N)=O)CCCCC1. The quantitative estimate of drug-likeness (QED) is 0.175. The van der Waals surface area contributed by atoms with Gasteiger partial charge in [-0.2, -0.15) is 0 Å². The van der Waals surface area contributed by atoms with Crippen molar-refractivity contribution in [2.75, 3.05) is 26.0 Å². The van der Waals surface area contributed by atoms with E-state index in [1.165, 1.54) is 33.8 Å². The number of Topliss-reactive ketones (excluding diaryl/α,β-unsaturated/α-hetero) is 1. The van der Waals surface area contributed by atoms with Crippen LogP contribution < -0.4 is 16.4 Å². The molecule has 1 aromatic carbocycles. The van der Waals surface area contributed by atoms with Crippen LogP contribution in [0.1, 0.15) is 92.7 Å². The molecule has 53 heavy (non-hydrogen) atoms. The Kier molecular flexibility index (Phi) is 10.9. The van der Waals surface area contributed by atoms with E-state index in [1.54, 1.807) is 6.20 Å². The second-order valence-electron chi connectivity index (χ2n) is 14.9. The number of primary amides is 1. The molecular formula is C36H47N7O9S. The highest BCUT2D eigenvalue weighted by Crippen LogP contribution is 2.36. The number of carbonyl (C=O) groups is 5. The van der Waals surface area contributed by atoms with E-state index in [4.69, 9.17) is 10.5 Å². The van der Waals surface area contributed by atoms with Crippen molar-refractivity contribution in [2.24, 2.45) is 11.7 Å². The van der Waals surface area contributed by atoms with Crippen molar-refractivity contribution in [3.05, 3.63) is 53.9 Å². The highest BCUT2D eigenvalue weighted by atomic mass is 32.2. The van der Waals surface area contributed by atoms with E-state index in [9.17, 15) is 37.5 Å². The van der Waals surface area contributed by atoms with Gasteiger partial charge >= 0.3 is 0 Å². The van der Waals surface area contributed by atoms with Gasteiger partial charge in [-0.15, -0.1) is 5.10 Å². The molecule has 16 nitrogen and oxygen atoms in total. The average molecular weight is 754 g/mol. The molecule has 2 aliphatic heterocycles. The van der Waals surface area contributed by atoms with E-state index in [2.05, 4.69) is 27.5 Å². The van der Waals surface area contributed by atoms with Crippen molar-refractivity contribution in [3.8, 4) is 0 Å². The summed E-state index contributed by atoms with van der Waals surface area (Å²) in [6, 6.07) is 2.33. The molecule has 286 valence electrons. The number of hydrogen-bond acceptors (Lipinski definition) is 11. The fraction of sp³-hybridized carbons (Fsp3) is 0.583. The Bertz CT molecular complexity index is 1880. The molecule has 1 aromatic heterocycles. The molecular weight excluding hydrogens is 707 g/mol. The van der Waals surface area contributed by atoms with Crippen LogP contribution in [-0.2, 0) is 39.4 Å². The third-order valence-electron chi connectivity index (χ3n) is 11.2. The van der Waals surface area contributed by atoms with Crippen LogP contribution in [0, 0.1) is 5.92 Å². The minimum atomic E-state index is -3.52. The zero-order chi connectivity index (χ0) is 38.1. The lowest BCUT2D eigenvalue weighted by Gasteiger charge is -2.38. The highest BCUT2D eigenvalue weighted by Gasteiger charge is 2.49. The zero-order valence-corrected chi connectivity index (χ0v) is 30.6. The van der Waals surface area contributed by atoms with E-state index in [0.717, 1.165) is 44.8 Å². The first-order valence-corrected chi connectivity index (χ1v) is 20.0. The Morgan fingerprint density at radius 1 is 1.02 bits per heavy atom. The summed E-state index contributed by atoms with van der Waals surface area (Å²) in [4.78, 5) is 69.6. The third-order valence-corrected chi connectivity index (χ3v) is 12.3. The van der Waals surface area contributed by atoms with Gasteiger partial charge in [0.2, 0.25) is 17.6 Å². The van der Waals surface area contributed by atoms with E-state index >= 15 is 0 Å². The minimum absolute atomic E-state index is 0.0315. The van der Waals surface area contributed by atoms with Gasteiger partial charge in [0.25, 0.3) is 11.8 Å². The van der Waals surface area contributed by atoms with Crippen molar-refractivity contribution in [1.29, 1.82) is 0 Å². The summed E-state index contributed by atoms with van der Waals surface area (Å²) >= 11 is 0. The van der Waals surface area contributed by atoms with Crippen molar-refractivity contribution >= 4 is 39.2 Å². The Hall–Kier alpha value is -4.48. The monoisotopic (exact) mass is 753 g/mol. The molecule has 2 saturated heterocycles. The van der Waals surface area contributed by atoms with Gasteiger partial charge in [0.05, 0.1) is 30.3 Å². The molecule has 3 atom stereocenters. The second kappa shape index (κ2) is 15.1. The van der Waals surface area contributed by atoms with E-state index < -0.39 is 68.5 Å². The summed E-state index contributed by atoms with van der Waals surface area (Å²) in [6.45, 7) is 4.35. The number of likely N-dealkylation sites (tertiary alicyclic amines) is 1. The molecule has 2 aliphatic carbocycles. The van der Waals surface area contributed by atoms with Gasteiger partial charge in [-0.05, 0) is 61.4 Å². The Morgan fingerprint density at radius 3 is 2.25 bits per heavy atom. The fourth-order valence-electron chi connectivity index (χ4n) is 7.98. The predicted octanol–water partition coefficient (Wildman–Crippen LogP) is 0.850. The van der Waals surface area contributed by atoms with E-state index in [0.29, 0.717) is 18.4 Å². The van der Waals surface area contributed by atoms with E-state index in [1.807, 2.05) is 0 Å². The van der Waals surface area contributed by atoms with Crippen molar-refractivity contribution in [1.82, 2.24) is 30.5 Å². The number of hydrogen-bond donors (Lipinski definition) is 4. The number of aromatic nitrogens is 3. The molecule has 0 spiro atoms. The first-order chi connectivity index (χ1) is 25.1. The minimum Gasteiger partial charge on any atom is -0.379 e. The third kappa shape index (κ3) is 7.92. The van der Waals surface area contributed by atoms with Crippen LogP contribution in [0.5, 0.6) is 0 Å². The summed E-state index contributed by atoms with van der Waals surface area (Å²) < 4.78 is 30.7. The van der Waals surface area contributed by atoms with Crippen LogP contribution in [-0.4, -0.2) is 106 Å². The lowest BCUT2D eigenvalue weighted by Crippen LogP contribution is -2.63. The standard InChI is InChI=1S/C36H47N7O9S/c1-22(23-9-5-3-6-10-23)29(38-32(46)24-11-13-26(14-12-24)53(2,50)51)34(48)42-18-25(43-19-28(40-41-43)36(49)20-52-21-36)17-27(42)33(47)39-35(30(44)31(37)45)15-7-4-8-16-35/h11-14,19,23,25,27,29,49H,1,3-10,15-18,20-21H2,2H3,(H2,37,45)(H,38,46)(H,39,47)/t25-,27-,29+/m0/s1. The van der Waals surface area contributed by atoms with Crippen LogP contribution in [0.4, 0.5) is 0 Å². The smallest absolute Gasteiger partial charge is 0.287 e. The largest absolute Gasteiger partial charge is 0.379 e. The van der Waals surface area contributed by atoms with Gasteiger partial charge in [0.1, 0.15) is 23.3 Å². The molecule has 17 heteroatoms. The highest BCUT2D eigenvalue weighted by molar-refractivity contribution is 7.90. The number of aliphatic hydroxyl groups is 1.